The van der Waals surface area contributed by atoms with E-state index in [0.29, 0.717) is 6.54 Å². The SMILES string of the molecule is CCNC(=O)NC(C)=O. The zero-order chi connectivity index (χ0) is 7.28. The first kappa shape index (κ1) is 7.94. The molecule has 0 spiro atoms. The Bertz CT molecular complexity index is 122. The van der Waals surface area contributed by atoms with Gasteiger partial charge in [-0.25, -0.2) is 4.79 Å². The van der Waals surface area contributed by atoms with E-state index in [9.17, 15) is 9.59 Å². The maximum absolute atomic E-state index is 10.4. The van der Waals surface area contributed by atoms with Gasteiger partial charge in [0.15, 0.2) is 0 Å². The Labute approximate surface area is 53.6 Å². The highest BCUT2D eigenvalue weighted by molar-refractivity contribution is 5.92. The van der Waals surface area contributed by atoms with E-state index in [4.69, 9.17) is 0 Å². The minimum atomic E-state index is -0.440. The summed E-state index contributed by atoms with van der Waals surface area (Å²) >= 11 is 0. The topological polar surface area (TPSA) is 58.2 Å². The van der Waals surface area contributed by atoms with E-state index in [-0.39, 0.29) is 5.91 Å². The molecule has 0 aliphatic heterocycles. The number of hydrogen-bond donors (Lipinski definition) is 2. The van der Waals surface area contributed by atoms with Gasteiger partial charge < -0.3 is 5.32 Å². The zero-order valence-electron chi connectivity index (χ0n) is 5.52. The standard InChI is InChI=1S/C5H10N2O2/c1-3-6-5(9)7-4(2)8/h3H2,1-2H3,(H2,6,7,8,9). The lowest BCUT2D eigenvalue weighted by Gasteiger charge is -1.99. The molecule has 52 valence electrons. The second kappa shape index (κ2) is 3.88. The zero-order valence-corrected chi connectivity index (χ0v) is 5.52. The molecule has 0 aromatic carbocycles. The number of imide groups is 1. The van der Waals surface area contributed by atoms with E-state index in [2.05, 4.69) is 10.6 Å². The first-order valence-corrected chi connectivity index (χ1v) is 2.72. The van der Waals surface area contributed by atoms with Gasteiger partial charge in [0, 0.05) is 13.5 Å². The van der Waals surface area contributed by atoms with Gasteiger partial charge >= 0.3 is 6.03 Å². The summed E-state index contributed by atoms with van der Waals surface area (Å²) in [6.07, 6.45) is 0. The van der Waals surface area contributed by atoms with Gasteiger partial charge in [-0.15, -0.1) is 0 Å². The van der Waals surface area contributed by atoms with Crippen molar-refractivity contribution in [3.8, 4) is 0 Å². The molecule has 0 heterocycles. The lowest BCUT2D eigenvalue weighted by atomic mass is 10.7. The van der Waals surface area contributed by atoms with Crippen LogP contribution in [0.5, 0.6) is 0 Å². The average Bonchev–Trinajstić information content (AvgIpc) is 1.63. The Morgan fingerprint density at radius 2 is 2.00 bits per heavy atom. The first-order chi connectivity index (χ1) is 4.16. The van der Waals surface area contributed by atoms with E-state index in [1.807, 2.05) is 0 Å². The van der Waals surface area contributed by atoms with Crippen LogP contribution in [0.1, 0.15) is 13.8 Å². The number of urea groups is 1. The van der Waals surface area contributed by atoms with Crippen LogP contribution in [-0.2, 0) is 4.79 Å². The highest BCUT2D eigenvalue weighted by Crippen LogP contribution is 1.63. The normalized spacial score (nSPS) is 8.22. The fraction of sp³-hybridized carbons (Fsp3) is 0.600. The van der Waals surface area contributed by atoms with Crippen LogP contribution in [0.2, 0.25) is 0 Å². The van der Waals surface area contributed by atoms with Gasteiger partial charge in [0.25, 0.3) is 0 Å². The molecule has 4 heteroatoms. The van der Waals surface area contributed by atoms with Gasteiger partial charge in [0.2, 0.25) is 5.91 Å². The number of carbonyl (C=O) groups excluding carboxylic acids is 2. The monoisotopic (exact) mass is 130 g/mol. The molecule has 0 unspecified atom stereocenters. The highest BCUT2D eigenvalue weighted by atomic mass is 16.2. The van der Waals surface area contributed by atoms with Crippen molar-refractivity contribution >= 4 is 11.9 Å². The summed E-state index contributed by atoms with van der Waals surface area (Å²) in [4.78, 5) is 20.6. The molecule has 3 amide bonds. The van der Waals surface area contributed by atoms with E-state index in [0.717, 1.165) is 0 Å². The molecule has 0 bridgehead atoms. The van der Waals surface area contributed by atoms with Gasteiger partial charge in [-0.3, -0.25) is 10.1 Å². The number of carbonyl (C=O) groups is 2. The van der Waals surface area contributed by atoms with Crippen molar-refractivity contribution in [1.82, 2.24) is 10.6 Å². The Morgan fingerprint density at radius 3 is 2.33 bits per heavy atom. The summed E-state index contributed by atoms with van der Waals surface area (Å²) in [6.45, 7) is 3.59. The summed E-state index contributed by atoms with van der Waals surface area (Å²) in [5.74, 6) is -0.346. The van der Waals surface area contributed by atoms with Crippen LogP contribution in [0.3, 0.4) is 0 Å². The van der Waals surface area contributed by atoms with E-state index in [1.165, 1.54) is 6.92 Å². The van der Waals surface area contributed by atoms with Crippen LogP contribution in [0, 0.1) is 0 Å². The largest absolute Gasteiger partial charge is 0.338 e. The molecule has 0 fully saturated rings. The Balaban J connectivity index is 3.39. The van der Waals surface area contributed by atoms with Gasteiger partial charge in [-0.1, -0.05) is 0 Å². The first-order valence-electron chi connectivity index (χ1n) is 2.72. The minimum absolute atomic E-state index is 0.346. The van der Waals surface area contributed by atoms with Crippen LogP contribution in [0.4, 0.5) is 4.79 Å². The minimum Gasteiger partial charge on any atom is -0.338 e. The second-order valence-corrected chi connectivity index (χ2v) is 1.54. The summed E-state index contributed by atoms with van der Waals surface area (Å²) in [6, 6.07) is -0.440. The van der Waals surface area contributed by atoms with Gasteiger partial charge in [0.05, 0.1) is 0 Å². The Kier molecular flexibility index (Phi) is 3.43. The third-order valence-electron chi connectivity index (χ3n) is 0.627. The van der Waals surface area contributed by atoms with Crippen LogP contribution in [0.15, 0.2) is 0 Å². The molecule has 0 aliphatic rings. The highest BCUT2D eigenvalue weighted by Gasteiger charge is 1.97. The van der Waals surface area contributed by atoms with E-state index >= 15 is 0 Å². The maximum Gasteiger partial charge on any atom is 0.321 e. The molecule has 9 heavy (non-hydrogen) atoms. The molecule has 0 rings (SSSR count). The van der Waals surface area contributed by atoms with E-state index in [1.54, 1.807) is 6.92 Å². The molecule has 0 aliphatic carbocycles. The van der Waals surface area contributed by atoms with Crippen LogP contribution in [0.25, 0.3) is 0 Å². The molecular formula is C5H10N2O2. The Hall–Kier alpha value is -1.06. The van der Waals surface area contributed by atoms with Crippen molar-refractivity contribution in [1.29, 1.82) is 0 Å². The van der Waals surface area contributed by atoms with Crippen LogP contribution in [-0.4, -0.2) is 18.5 Å². The molecule has 2 N–H and O–H groups in total. The van der Waals surface area contributed by atoms with Crippen molar-refractivity contribution in [2.75, 3.05) is 6.54 Å². The fourth-order valence-electron chi connectivity index (χ4n) is 0.365. The molecule has 0 radical (unpaired) electrons. The quantitative estimate of drug-likeness (QED) is 0.518. The molecule has 0 atom stereocenters. The molecular weight excluding hydrogens is 120 g/mol. The van der Waals surface area contributed by atoms with Crippen molar-refractivity contribution in [2.24, 2.45) is 0 Å². The maximum atomic E-state index is 10.4. The predicted molar refractivity (Wildman–Crippen MR) is 32.9 cm³/mol. The summed E-state index contributed by atoms with van der Waals surface area (Å²) in [5, 5.41) is 4.46. The van der Waals surface area contributed by atoms with E-state index < -0.39 is 6.03 Å². The van der Waals surface area contributed by atoms with Crippen molar-refractivity contribution in [3.63, 3.8) is 0 Å². The fourth-order valence-corrected chi connectivity index (χ4v) is 0.365. The van der Waals surface area contributed by atoms with Gasteiger partial charge in [-0.2, -0.15) is 0 Å². The number of rotatable bonds is 1. The van der Waals surface area contributed by atoms with Gasteiger partial charge in [0.1, 0.15) is 0 Å². The van der Waals surface area contributed by atoms with Gasteiger partial charge in [-0.05, 0) is 6.92 Å². The van der Waals surface area contributed by atoms with Crippen molar-refractivity contribution in [2.45, 2.75) is 13.8 Å². The summed E-state index contributed by atoms with van der Waals surface area (Å²) < 4.78 is 0. The van der Waals surface area contributed by atoms with Crippen molar-refractivity contribution < 1.29 is 9.59 Å². The Morgan fingerprint density at radius 1 is 1.44 bits per heavy atom. The lowest BCUT2D eigenvalue weighted by molar-refractivity contribution is -0.117. The number of nitrogens with one attached hydrogen (secondary N) is 2. The smallest absolute Gasteiger partial charge is 0.321 e. The predicted octanol–water partition coefficient (Wildman–Crippen LogP) is -0.148. The van der Waals surface area contributed by atoms with Crippen LogP contribution >= 0.6 is 0 Å². The second-order valence-electron chi connectivity index (χ2n) is 1.54. The molecule has 0 aromatic rings. The van der Waals surface area contributed by atoms with Crippen molar-refractivity contribution in [3.05, 3.63) is 0 Å². The molecule has 0 saturated heterocycles. The number of hydrogen-bond acceptors (Lipinski definition) is 2. The third kappa shape index (κ3) is 4.80. The third-order valence-corrected chi connectivity index (χ3v) is 0.627. The molecule has 0 aromatic heterocycles. The molecule has 4 nitrogen and oxygen atoms in total. The van der Waals surface area contributed by atoms with Crippen LogP contribution < -0.4 is 10.6 Å². The lowest BCUT2D eigenvalue weighted by Crippen LogP contribution is -2.37. The molecule has 0 saturated carbocycles. The average molecular weight is 130 g/mol. The number of amides is 3. The summed E-state index contributed by atoms with van der Waals surface area (Å²) in [5.41, 5.74) is 0. The summed E-state index contributed by atoms with van der Waals surface area (Å²) in [7, 11) is 0.